The first-order chi connectivity index (χ1) is 12.5. The molecule has 0 aliphatic carbocycles. The molecule has 0 unspecified atom stereocenters. The fraction of sp³-hybridized carbons (Fsp3) is 0.111. The molecule has 26 heavy (non-hydrogen) atoms. The summed E-state index contributed by atoms with van der Waals surface area (Å²) in [6, 6.07) is 14.0. The van der Waals surface area contributed by atoms with E-state index in [1.807, 2.05) is 23.6 Å². The van der Waals surface area contributed by atoms with Crippen LogP contribution in [0.3, 0.4) is 0 Å². The summed E-state index contributed by atoms with van der Waals surface area (Å²) in [4.78, 5) is 17.3. The highest BCUT2D eigenvalue weighted by atomic mass is 32.2. The Morgan fingerprint density at radius 3 is 2.65 bits per heavy atom. The Kier molecular flexibility index (Phi) is 5.34. The molecule has 6 nitrogen and oxygen atoms in total. The van der Waals surface area contributed by atoms with Crippen LogP contribution in [0.2, 0.25) is 0 Å². The monoisotopic (exact) mass is 387 g/mol. The van der Waals surface area contributed by atoms with Crippen LogP contribution in [-0.4, -0.2) is 25.1 Å². The SMILES string of the molecule is CCS(=O)(=O)Nc1cccc(NC(=O)c2cc(-c3ccccn3)cs2)c1. The molecule has 0 radical (unpaired) electrons. The zero-order chi connectivity index (χ0) is 18.6. The van der Waals surface area contributed by atoms with Gasteiger partial charge in [0.1, 0.15) is 0 Å². The van der Waals surface area contributed by atoms with E-state index in [0.29, 0.717) is 16.3 Å². The zero-order valence-corrected chi connectivity index (χ0v) is 15.6. The van der Waals surface area contributed by atoms with Crippen molar-refractivity contribution >= 4 is 38.6 Å². The summed E-state index contributed by atoms with van der Waals surface area (Å²) in [5, 5.41) is 4.66. The Balaban J connectivity index is 1.74. The van der Waals surface area contributed by atoms with E-state index in [-0.39, 0.29) is 11.7 Å². The third-order valence-electron chi connectivity index (χ3n) is 3.56. The largest absolute Gasteiger partial charge is 0.321 e. The molecule has 1 amide bonds. The molecule has 3 rings (SSSR count). The van der Waals surface area contributed by atoms with Crippen molar-refractivity contribution < 1.29 is 13.2 Å². The molecule has 2 N–H and O–H groups in total. The van der Waals surface area contributed by atoms with E-state index < -0.39 is 10.0 Å². The van der Waals surface area contributed by atoms with Crippen LogP contribution >= 0.6 is 11.3 Å². The number of nitrogens with zero attached hydrogens (tertiary/aromatic N) is 1. The maximum Gasteiger partial charge on any atom is 0.265 e. The third-order valence-corrected chi connectivity index (χ3v) is 5.79. The molecular formula is C18H17N3O3S2. The van der Waals surface area contributed by atoms with Crippen molar-refractivity contribution in [1.29, 1.82) is 0 Å². The minimum absolute atomic E-state index is 0.0188. The molecule has 8 heteroatoms. The minimum atomic E-state index is -3.36. The smallest absolute Gasteiger partial charge is 0.265 e. The Bertz CT molecular complexity index is 1010. The standard InChI is InChI=1S/C18H17N3O3S2/c1-2-26(23,24)21-15-7-5-6-14(11-15)20-18(22)17-10-13(12-25-17)16-8-3-4-9-19-16/h3-12,21H,2H2,1H3,(H,20,22). The van der Waals surface area contributed by atoms with E-state index in [1.54, 1.807) is 43.5 Å². The van der Waals surface area contributed by atoms with Gasteiger partial charge in [-0.25, -0.2) is 8.42 Å². The van der Waals surface area contributed by atoms with Crippen molar-refractivity contribution in [1.82, 2.24) is 4.98 Å². The number of hydrogen-bond donors (Lipinski definition) is 2. The van der Waals surface area contributed by atoms with E-state index in [1.165, 1.54) is 11.3 Å². The van der Waals surface area contributed by atoms with Crippen molar-refractivity contribution in [2.45, 2.75) is 6.92 Å². The van der Waals surface area contributed by atoms with Crippen molar-refractivity contribution in [3.05, 3.63) is 65.0 Å². The average Bonchev–Trinajstić information content (AvgIpc) is 3.13. The predicted octanol–water partition coefficient (Wildman–Crippen LogP) is 3.82. The lowest BCUT2D eigenvalue weighted by Gasteiger charge is -2.08. The number of anilines is 2. The summed E-state index contributed by atoms with van der Waals surface area (Å²) in [7, 11) is -3.36. The summed E-state index contributed by atoms with van der Waals surface area (Å²) in [5.74, 6) is -0.276. The van der Waals surface area contributed by atoms with Gasteiger partial charge in [0.15, 0.2) is 0 Å². The first-order valence-corrected chi connectivity index (χ1v) is 10.4. The van der Waals surface area contributed by atoms with E-state index in [2.05, 4.69) is 15.0 Å². The molecule has 0 atom stereocenters. The number of sulfonamides is 1. The van der Waals surface area contributed by atoms with Crippen molar-refractivity contribution in [2.75, 3.05) is 15.8 Å². The van der Waals surface area contributed by atoms with Gasteiger partial charge < -0.3 is 5.32 Å². The van der Waals surface area contributed by atoms with Crippen LogP contribution < -0.4 is 10.0 Å². The zero-order valence-electron chi connectivity index (χ0n) is 14.0. The number of aromatic nitrogens is 1. The summed E-state index contributed by atoms with van der Waals surface area (Å²) >= 11 is 1.33. The molecule has 1 aromatic carbocycles. The van der Waals surface area contributed by atoms with Crippen LogP contribution in [0, 0.1) is 0 Å². The number of rotatable bonds is 6. The van der Waals surface area contributed by atoms with E-state index in [9.17, 15) is 13.2 Å². The van der Waals surface area contributed by atoms with E-state index >= 15 is 0 Å². The van der Waals surface area contributed by atoms with E-state index in [4.69, 9.17) is 0 Å². The molecule has 0 bridgehead atoms. The van der Waals surface area contributed by atoms with Crippen molar-refractivity contribution in [2.24, 2.45) is 0 Å². The number of nitrogens with one attached hydrogen (secondary N) is 2. The molecule has 3 aromatic rings. The number of benzene rings is 1. The van der Waals surface area contributed by atoms with Gasteiger partial charge in [0.05, 0.1) is 22.0 Å². The fourth-order valence-electron chi connectivity index (χ4n) is 2.23. The van der Waals surface area contributed by atoms with Gasteiger partial charge in [-0.15, -0.1) is 11.3 Å². The summed E-state index contributed by atoms with van der Waals surface area (Å²) in [5.41, 5.74) is 2.60. The normalized spacial score (nSPS) is 11.1. The van der Waals surface area contributed by atoms with Crippen LogP contribution in [0.4, 0.5) is 11.4 Å². The van der Waals surface area contributed by atoms with Crippen LogP contribution in [0.1, 0.15) is 16.6 Å². The molecule has 0 saturated carbocycles. The second-order valence-electron chi connectivity index (χ2n) is 5.46. The Labute approximate surface area is 156 Å². The van der Waals surface area contributed by atoms with Gasteiger partial charge in [-0.3, -0.25) is 14.5 Å². The van der Waals surface area contributed by atoms with Crippen LogP contribution in [0.15, 0.2) is 60.1 Å². The molecule has 0 aliphatic rings. The molecule has 0 saturated heterocycles. The van der Waals surface area contributed by atoms with Gasteiger partial charge in [0, 0.05) is 22.8 Å². The van der Waals surface area contributed by atoms with Crippen LogP contribution in [0.25, 0.3) is 11.3 Å². The molecule has 134 valence electrons. The molecule has 2 heterocycles. The second-order valence-corrected chi connectivity index (χ2v) is 8.38. The highest BCUT2D eigenvalue weighted by Crippen LogP contribution is 2.25. The number of pyridine rings is 1. The summed E-state index contributed by atoms with van der Waals surface area (Å²) in [6.07, 6.45) is 1.70. The Hall–Kier alpha value is -2.71. The molecule has 0 fully saturated rings. The number of carbonyl (C=O) groups is 1. The third kappa shape index (κ3) is 4.47. The molecule has 2 aromatic heterocycles. The van der Waals surface area contributed by atoms with Gasteiger partial charge in [0.2, 0.25) is 10.0 Å². The average molecular weight is 387 g/mol. The minimum Gasteiger partial charge on any atom is -0.321 e. The van der Waals surface area contributed by atoms with Gasteiger partial charge in [-0.1, -0.05) is 12.1 Å². The second kappa shape index (κ2) is 7.67. The number of thiophene rings is 1. The molecular weight excluding hydrogens is 370 g/mol. The maximum atomic E-state index is 12.5. The van der Waals surface area contributed by atoms with E-state index in [0.717, 1.165) is 11.3 Å². The maximum absolute atomic E-state index is 12.5. The topological polar surface area (TPSA) is 88.2 Å². The van der Waals surface area contributed by atoms with Gasteiger partial charge in [-0.05, 0) is 43.3 Å². The van der Waals surface area contributed by atoms with Gasteiger partial charge >= 0.3 is 0 Å². The first-order valence-electron chi connectivity index (χ1n) is 7.89. The Morgan fingerprint density at radius 1 is 1.12 bits per heavy atom. The molecule has 0 aliphatic heterocycles. The van der Waals surface area contributed by atoms with Crippen LogP contribution in [-0.2, 0) is 10.0 Å². The summed E-state index contributed by atoms with van der Waals surface area (Å²) in [6.45, 7) is 1.56. The lowest BCUT2D eigenvalue weighted by atomic mass is 10.2. The van der Waals surface area contributed by atoms with Crippen molar-refractivity contribution in [3.8, 4) is 11.3 Å². The Morgan fingerprint density at radius 2 is 1.92 bits per heavy atom. The fourth-order valence-corrected chi connectivity index (χ4v) is 3.65. The highest BCUT2D eigenvalue weighted by Gasteiger charge is 2.12. The van der Waals surface area contributed by atoms with Gasteiger partial charge in [-0.2, -0.15) is 0 Å². The van der Waals surface area contributed by atoms with Crippen molar-refractivity contribution in [3.63, 3.8) is 0 Å². The number of carbonyl (C=O) groups excluding carboxylic acids is 1. The number of hydrogen-bond acceptors (Lipinski definition) is 5. The summed E-state index contributed by atoms with van der Waals surface area (Å²) < 4.78 is 25.8. The predicted molar refractivity (Wildman–Crippen MR) is 105 cm³/mol. The van der Waals surface area contributed by atoms with Crippen LogP contribution in [0.5, 0.6) is 0 Å². The highest BCUT2D eigenvalue weighted by molar-refractivity contribution is 7.92. The number of amides is 1. The lowest BCUT2D eigenvalue weighted by molar-refractivity contribution is 0.103. The first kappa shape index (κ1) is 18.1. The lowest BCUT2D eigenvalue weighted by Crippen LogP contribution is -2.15. The van der Waals surface area contributed by atoms with Gasteiger partial charge in [0.25, 0.3) is 5.91 Å². The molecule has 0 spiro atoms. The quantitative estimate of drug-likeness (QED) is 0.673.